The molecule has 0 aromatic rings. The molecule has 0 aromatic heterocycles. The number of carbonyl (C=O) groups excluding carboxylic acids is 1. The molecule has 1 unspecified atom stereocenters. The Morgan fingerprint density at radius 2 is 2.00 bits per heavy atom. The Balaban J connectivity index is 1.78. The second-order valence-electron chi connectivity index (χ2n) is 8.47. The fourth-order valence-corrected chi connectivity index (χ4v) is 6.50. The number of aliphatic hydroxyl groups is 2. The van der Waals surface area contributed by atoms with E-state index in [1.54, 1.807) is 0 Å². The lowest BCUT2D eigenvalue weighted by Crippen LogP contribution is -2.55. The molecule has 3 nitrogen and oxygen atoms in total. The number of hydrogen-bond acceptors (Lipinski definition) is 3. The highest BCUT2D eigenvalue weighted by Crippen LogP contribution is 2.63. The molecule has 0 saturated heterocycles. The van der Waals surface area contributed by atoms with Crippen LogP contribution in [0.15, 0.2) is 11.6 Å². The summed E-state index contributed by atoms with van der Waals surface area (Å²) in [5.74, 6) is 0.923. The van der Waals surface area contributed by atoms with E-state index in [-0.39, 0.29) is 35.2 Å². The zero-order valence-electron chi connectivity index (χ0n) is 13.6. The Labute approximate surface area is 132 Å². The van der Waals surface area contributed by atoms with Gasteiger partial charge >= 0.3 is 0 Å². The molecule has 3 saturated carbocycles. The molecule has 0 heterocycles. The molecule has 0 amide bonds. The SMILES string of the molecule is C[C@]12CC[C@H]3[C@@H](C(=O)C=C4CCCC[C@@]43CO)[C@@H]1CCC2O. The summed E-state index contributed by atoms with van der Waals surface area (Å²) in [6.07, 6.45) is 9.77. The van der Waals surface area contributed by atoms with Gasteiger partial charge in [0.1, 0.15) is 0 Å². The number of rotatable bonds is 1. The van der Waals surface area contributed by atoms with Gasteiger partial charge in [-0.3, -0.25) is 4.79 Å². The predicted octanol–water partition coefficient (Wildman–Crippen LogP) is 2.85. The van der Waals surface area contributed by atoms with E-state index in [4.69, 9.17) is 0 Å². The Kier molecular flexibility index (Phi) is 3.32. The minimum atomic E-state index is -0.256. The van der Waals surface area contributed by atoms with Gasteiger partial charge in [-0.2, -0.15) is 0 Å². The first kappa shape index (κ1) is 14.9. The molecule has 4 rings (SSSR count). The highest BCUT2D eigenvalue weighted by Gasteiger charge is 2.61. The van der Waals surface area contributed by atoms with Crippen LogP contribution in [0, 0.1) is 28.6 Å². The number of aliphatic hydroxyl groups excluding tert-OH is 2. The molecule has 22 heavy (non-hydrogen) atoms. The molecule has 4 aliphatic carbocycles. The first-order valence-corrected chi connectivity index (χ1v) is 9.07. The van der Waals surface area contributed by atoms with Crippen LogP contribution >= 0.6 is 0 Å². The quantitative estimate of drug-likeness (QED) is 0.783. The molecule has 6 atom stereocenters. The molecule has 122 valence electrons. The van der Waals surface area contributed by atoms with Crippen molar-refractivity contribution in [2.75, 3.05) is 6.61 Å². The van der Waals surface area contributed by atoms with Crippen molar-refractivity contribution in [3.05, 3.63) is 11.6 Å². The van der Waals surface area contributed by atoms with Gasteiger partial charge in [0.25, 0.3) is 0 Å². The molecule has 3 fully saturated rings. The van der Waals surface area contributed by atoms with E-state index < -0.39 is 0 Å². The van der Waals surface area contributed by atoms with Gasteiger partial charge in [-0.15, -0.1) is 0 Å². The third-order valence-corrected chi connectivity index (χ3v) is 7.82. The van der Waals surface area contributed by atoms with E-state index in [9.17, 15) is 15.0 Å². The van der Waals surface area contributed by atoms with Crippen molar-refractivity contribution in [1.82, 2.24) is 0 Å². The third-order valence-electron chi connectivity index (χ3n) is 7.82. The minimum absolute atomic E-state index is 0.0323. The maximum Gasteiger partial charge on any atom is 0.159 e. The van der Waals surface area contributed by atoms with E-state index >= 15 is 0 Å². The Bertz CT molecular complexity index is 525. The maximum absolute atomic E-state index is 12.9. The highest BCUT2D eigenvalue weighted by molar-refractivity contribution is 5.94. The number of allylic oxidation sites excluding steroid dienone is 1. The lowest BCUT2D eigenvalue weighted by molar-refractivity contribution is -0.138. The van der Waals surface area contributed by atoms with Crippen LogP contribution in [0.3, 0.4) is 0 Å². The topological polar surface area (TPSA) is 57.5 Å². The highest BCUT2D eigenvalue weighted by atomic mass is 16.3. The average molecular weight is 304 g/mol. The normalized spacial score (nSPS) is 50.9. The first-order chi connectivity index (χ1) is 10.5. The third kappa shape index (κ3) is 1.73. The van der Waals surface area contributed by atoms with Crippen molar-refractivity contribution >= 4 is 5.78 Å². The number of carbonyl (C=O) groups is 1. The predicted molar refractivity (Wildman–Crippen MR) is 84.1 cm³/mol. The van der Waals surface area contributed by atoms with Gasteiger partial charge in [0.15, 0.2) is 5.78 Å². The van der Waals surface area contributed by atoms with Gasteiger partial charge in [0, 0.05) is 11.3 Å². The van der Waals surface area contributed by atoms with Gasteiger partial charge in [0.2, 0.25) is 0 Å². The molecule has 0 aliphatic heterocycles. The van der Waals surface area contributed by atoms with Crippen molar-refractivity contribution in [1.29, 1.82) is 0 Å². The number of hydrogen-bond donors (Lipinski definition) is 2. The van der Waals surface area contributed by atoms with Crippen LogP contribution < -0.4 is 0 Å². The smallest absolute Gasteiger partial charge is 0.159 e. The average Bonchev–Trinajstić information content (AvgIpc) is 2.83. The Hall–Kier alpha value is -0.670. The molecule has 4 aliphatic rings. The van der Waals surface area contributed by atoms with Crippen LogP contribution in [-0.4, -0.2) is 28.7 Å². The zero-order chi connectivity index (χ0) is 15.5. The van der Waals surface area contributed by atoms with Crippen LogP contribution in [-0.2, 0) is 4.79 Å². The molecular formula is C19H28O3. The summed E-state index contributed by atoms with van der Waals surface area (Å²) in [4.78, 5) is 12.9. The monoisotopic (exact) mass is 304 g/mol. The lowest BCUT2D eigenvalue weighted by Gasteiger charge is -2.56. The number of fused-ring (bicyclic) bond motifs is 5. The Morgan fingerprint density at radius 1 is 1.18 bits per heavy atom. The Morgan fingerprint density at radius 3 is 2.77 bits per heavy atom. The lowest BCUT2D eigenvalue weighted by atomic mass is 9.47. The fraction of sp³-hybridized carbons (Fsp3) is 0.842. The molecule has 0 aromatic carbocycles. The van der Waals surface area contributed by atoms with E-state index in [1.807, 2.05) is 6.08 Å². The maximum atomic E-state index is 12.9. The number of ketones is 1. The van der Waals surface area contributed by atoms with Crippen molar-refractivity contribution < 1.29 is 15.0 Å². The van der Waals surface area contributed by atoms with Crippen LogP contribution in [0.4, 0.5) is 0 Å². The van der Waals surface area contributed by atoms with Crippen molar-refractivity contribution in [2.45, 2.75) is 64.4 Å². The molecule has 2 N–H and O–H groups in total. The molecule has 0 bridgehead atoms. The minimum Gasteiger partial charge on any atom is -0.395 e. The summed E-state index contributed by atoms with van der Waals surface area (Å²) in [5, 5.41) is 20.7. The molecule has 0 radical (unpaired) electrons. The zero-order valence-corrected chi connectivity index (χ0v) is 13.6. The van der Waals surface area contributed by atoms with Crippen LogP contribution in [0.1, 0.15) is 58.3 Å². The van der Waals surface area contributed by atoms with Crippen LogP contribution in [0.2, 0.25) is 0 Å². The standard InChI is InChI=1S/C19H28O3/c1-18-9-7-14-17(13(18)5-6-16(18)22)15(21)10-12-4-2-3-8-19(12,14)11-20/h10,13-14,16-17,20,22H,2-9,11H2,1H3/t13-,14-,16?,17-,18-,19+/m0/s1. The van der Waals surface area contributed by atoms with E-state index in [1.165, 1.54) is 12.0 Å². The van der Waals surface area contributed by atoms with Crippen molar-refractivity contribution in [2.24, 2.45) is 28.6 Å². The van der Waals surface area contributed by atoms with Gasteiger partial charge in [-0.05, 0) is 68.3 Å². The van der Waals surface area contributed by atoms with Crippen LogP contribution in [0.5, 0.6) is 0 Å². The van der Waals surface area contributed by atoms with Crippen LogP contribution in [0.25, 0.3) is 0 Å². The fourth-order valence-electron chi connectivity index (χ4n) is 6.50. The van der Waals surface area contributed by atoms with Gasteiger partial charge < -0.3 is 10.2 Å². The first-order valence-electron chi connectivity index (χ1n) is 9.07. The summed E-state index contributed by atoms with van der Waals surface area (Å²) in [7, 11) is 0. The summed E-state index contributed by atoms with van der Waals surface area (Å²) >= 11 is 0. The summed E-state index contributed by atoms with van der Waals surface area (Å²) in [6.45, 7) is 2.38. The van der Waals surface area contributed by atoms with Gasteiger partial charge in [0.05, 0.1) is 12.7 Å². The van der Waals surface area contributed by atoms with Crippen molar-refractivity contribution in [3.8, 4) is 0 Å². The second-order valence-corrected chi connectivity index (χ2v) is 8.47. The largest absolute Gasteiger partial charge is 0.395 e. The van der Waals surface area contributed by atoms with Gasteiger partial charge in [-0.1, -0.05) is 18.9 Å². The molecular weight excluding hydrogens is 276 g/mol. The van der Waals surface area contributed by atoms with E-state index in [0.29, 0.717) is 11.8 Å². The summed E-state index contributed by atoms with van der Waals surface area (Å²) in [5.41, 5.74) is 1.01. The summed E-state index contributed by atoms with van der Waals surface area (Å²) < 4.78 is 0. The van der Waals surface area contributed by atoms with E-state index in [2.05, 4.69) is 6.92 Å². The van der Waals surface area contributed by atoms with E-state index in [0.717, 1.165) is 44.9 Å². The second kappa shape index (κ2) is 4.91. The summed E-state index contributed by atoms with van der Waals surface area (Å²) in [6, 6.07) is 0. The van der Waals surface area contributed by atoms with Gasteiger partial charge in [-0.25, -0.2) is 0 Å². The molecule has 3 heteroatoms. The van der Waals surface area contributed by atoms with Crippen molar-refractivity contribution in [3.63, 3.8) is 0 Å². The molecule has 0 spiro atoms.